The number of amides is 1. The van der Waals surface area contributed by atoms with Crippen molar-refractivity contribution in [3.63, 3.8) is 0 Å². The van der Waals surface area contributed by atoms with E-state index in [-0.39, 0.29) is 17.2 Å². The summed E-state index contributed by atoms with van der Waals surface area (Å²) in [6, 6.07) is -0.438. The van der Waals surface area contributed by atoms with Crippen molar-refractivity contribution in [2.24, 2.45) is 11.7 Å². The predicted octanol–water partition coefficient (Wildman–Crippen LogP) is 2.43. The van der Waals surface area contributed by atoms with Gasteiger partial charge in [-0.15, -0.1) is 11.3 Å². The Bertz CT molecular complexity index is 423. The van der Waals surface area contributed by atoms with Gasteiger partial charge in [-0.1, -0.05) is 41.0 Å². The van der Waals surface area contributed by atoms with E-state index in [0.29, 0.717) is 6.54 Å². The Hall–Kier alpha value is -0.940. The second kappa shape index (κ2) is 6.48. The zero-order chi connectivity index (χ0) is 14.6. The number of nitrogens with zero attached hydrogens (tertiary/aromatic N) is 1. The number of nitrogens with one attached hydrogen (secondary N) is 1. The highest BCUT2D eigenvalue weighted by Gasteiger charge is 2.20. The molecule has 1 rings (SSSR count). The molecule has 3 N–H and O–H groups in total. The Morgan fingerprint density at radius 1 is 1.53 bits per heavy atom. The quantitative estimate of drug-likeness (QED) is 0.872. The molecule has 1 heterocycles. The second-order valence-electron chi connectivity index (χ2n) is 6.01. The Balaban J connectivity index is 2.53. The number of aromatic nitrogens is 1. The summed E-state index contributed by atoms with van der Waals surface area (Å²) in [7, 11) is 0. The van der Waals surface area contributed by atoms with E-state index in [2.05, 4.69) is 36.5 Å². The highest BCUT2D eigenvalue weighted by molar-refractivity contribution is 7.09. The minimum atomic E-state index is -0.438. The Labute approximate surface area is 119 Å². The lowest BCUT2D eigenvalue weighted by atomic mass is 9.93. The molecule has 4 nitrogen and oxygen atoms in total. The van der Waals surface area contributed by atoms with Gasteiger partial charge in [0.25, 0.3) is 0 Å². The van der Waals surface area contributed by atoms with Gasteiger partial charge in [-0.3, -0.25) is 4.79 Å². The lowest BCUT2D eigenvalue weighted by Gasteiger charge is -2.17. The monoisotopic (exact) mass is 283 g/mol. The van der Waals surface area contributed by atoms with Crippen molar-refractivity contribution in [1.29, 1.82) is 0 Å². The van der Waals surface area contributed by atoms with Gasteiger partial charge in [-0.25, -0.2) is 4.98 Å². The highest BCUT2D eigenvalue weighted by Crippen LogP contribution is 2.23. The van der Waals surface area contributed by atoms with Crippen LogP contribution in [0.15, 0.2) is 5.38 Å². The lowest BCUT2D eigenvalue weighted by Crippen LogP contribution is -2.44. The number of carbonyl (C=O) groups is 1. The molecule has 0 radical (unpaired) electrons. The topological polar surface area (TPSA) is 68.0 Å². The van der Waals surface area contributed by atoms with Gasteiger partial charge in [0.1, 0.15) is 5.01 Å². The molecular weight excluding hydrogens is 258 g/mol. The van der Waals surface area contributed by atoms with Crippen LogP contribution in [0.2, 0.25) is 0 Å². The van der Waals surface area contributed by atoms with Gasteiger partial charge in [-0.05, 0) is 5.92 Å². The van der Waals surface area contributed by atoms with E-state index in [4.69, 9.17) is 5.73 Å². The molecule has 2 atom stereocenters. The van der Waals surface area contributed by atoms with E-state index in [0.717, 1.165) is 17.1 Å². The first-order chi connectivity index (χ1) is 8.75. The number of hydrogen-bond donors (Lipinski definition) is 2. The molecule has 0 aromatic carbocycles. The van der Waals surface area contributed by atoms with Crippen molar-refractivity contribution >= 4 is 17.2 Å². The number of hydrogen-bond acceptors (Lipinski definition) is 4. The lowest BCUT2D eigenvalue weighted by molar-refractivity contribution is -0.123. The minimum Gasteiger partial charge on any atom is -0.348 e. The van der Waals surface area contributed by atoms with Crippen molar-refractivity contribution in [2.75, 3.05) is 0 Å². The average molecular weight is 283 g/mol. The van der Waals surface area contributed by atoms with E-state index >= 15 is 0 Å². The molecular formula is C14H25N3OS. The first-order valence-corrected chi connectivity index (χ1v) is 7.61. The fourth-order valence-corrected chi connectivity index (χ4v) is 2.49. The van der Waals surface area contributed by atoms with Gasteiger partial charge in [-0.2, -0.15) is 0 Å². The van der Waals surface area contributed by atoms with Gasteiger partial charge < -0.3 is 11.1 Å². The van der Waals surface area contributed by atoms with Crippen LogP contribution in [0.25, 0.3) is 0 Å². The number of nitrogens with two attached hydrogens (primary N) is 1. The summed E-state index contributed by atoms with van der Waals surface area (Å²) in [5.74, 6) is 0.100. The van der Waals surface area contributed by atoms with Crippen LogP contribution in [0.1, 0.15) is 51.7 Å². The predicted molar refractivity (Wildman–Crippen MR) is 80.1 cm³/mol. The van der Waals surface area contributed by atoms with Crippen LogP contribution in [0, 0.1) is 5.92 Å². The summed E-state index contributed by atoms with van der Waals surface area (Å²) in [5, 5.41) is 5.84. The standard InChI is InChI=1S/C14H25N3OS/c1-6-9(2)12(15)13(18)16-7-11-17-10(8-19-11)14(3,4)5/h8-9,12H,6-7,15H2,1-5H3,(H,16,18). The smallest absolute Gasteiger partial charge is 0.237 e. The molecule has 0 saturated carbocycles. The summed E-state index contributed by atoms with van der Waals surface area (Å²) in [6.07, 6.45) is 0.903. The van der Waals surface area contributed by atoms with E-state index in [9.17, 15) is 4.79 Å². The van der Waals surface area contributed by atoms with Gasteiger partial charge in [0, 0.05) is 10.8 Å². The van der Waals surface area contributed by atoms with Gasteiger partial charge in [0.05, 0.1) is 18.3 Å². The summed E-state index contributed by atoms with van der Waals surface area (Å²) in [4.78, 5) is 16.4. The third-order valence-corrected chi connectivity index (χ3v) is 4.14. The zero-order valence-electron chi connectivity index (χ0n) is 12.5. The van der Waals surface area contributed by atoms with Gasteiger partial charge in [0.2, 0.25) is 5.91 Å². The van der Waals surface area contributed by atoms with E-state index in [1.807, 2.05) is 13.8 Å². The van der Waals surface area contributed by atoms with Crippen LogP contribution in [0.5, 0.6) is 0 Å². The minimum absolute atomic E-state index is 0.0475. The SMILES string of the molecule is CCC(C)C(N)C(=O)NCc1nc(C(C)(C)C)cs1. The van der Waals surface area contributed by atoms with Crippen LogP contribution < -0.4 is 11.1 Å². The number of thiazole rings is 1. The normalized spacial score (nSPS) is 15.1. The van der Waals surface area contributed by atoms with Gasteiger partial charge in [0.15, 0.2) is 0 Å². The maximum absolute atomic E-state index is 11.9. The van der Waals surface area contributed by atoms with Crippen molar-refractivity contribution in [2.45, 2.75) is 59.0 Å². The molecule has 0 aliphatic heterocycles. The van der Waals surface area contributed by atoms with Crippen LogP contribution >= 0.6 is 11.3 Å². The van der Waals surface area contributed by atoms with Crippen molar-refractivity contribution < 1.29 is 4.79 Å². The first-order valence-electron chi connectivity index (χ1n) is 6.73. The fourth-order valence-electron chi connectivity index (χ4n) is 1.53. The molecule has 19 heavy (non-hydrogen) atoms. The van der Waals surface area contributed by atoms with Crippen molar-refractivity contribution in [3.05, 3.63) is 16.1 Å². The molecule has 0 aliphatic rings. The molecule has 1 aromatic heterocycles. The van der Waals surface area contributed by atoms with Crippen molar-refractivity contribution in [1.82, 2.24) is 10.3 Å². The number of carbonyl (C=O) groups excluding carboxylic acids is 1. The molecule has 0 bridgehead atoms. The zero-order valence-corrected chi connectivity index (χ0v) is 13.3. The maximum atomic E-state index is 11.9. The number of rotatable bonds is 5. The van der Waals surface area contributed by atoms with Crippen LogP contribution in [-0.2, 0) is 16.8 Å². The van der Waals surface area contributed by atoms with Crippen molar-refractivity contribution in [3.8, 4) is 0 Å². The second-order valence-corrected chi connectivity index (χ2v) is 6.95. The maximum Gasteiger partial charge on any atom is 0.237 e. The van der Waals surface area contributed by atoms with Gasteiger partial charge >= 0.3 is 0 Å². The van der Waals surface area contributed by atoms with Crippen LogP contribution in [0.4, 0.5) is 0 Å². The third-order valence-electron chi connectivity index (χ3n) is 3.29. The Morgan fingerprint density at radius 3 is 2.63 bits per heavy atom. The third kappa shape index (κ3) is 4.58. The molecule has 1 amide bonds. The van der Waals surface area contributed by atoms with E-state index in [1.165, 1.54) is 0 Å². The first kappa shape index (κ1) is 16.1. The summed E-state index contributed by atoms with van der Waals surface area (Å²) >= 11 is 1.58. The Kier molecular flexibility index (Phi) is 5.50. The summed E-state index contributed by atoms with van der Waals surface area (Å²) < 4.78 is 0. The average Bonchev–Trinajstić information content (AvgIpc) is 2.82. The van der Waals surface area contributed by atoms with Crippen LogP contribution in [0.3, 0.4) is 0 Å². The van der Waals surface area contributed by atoms with E-state index < -0.39 is 6.04 Å². The molecule has 0 spiro atoms. The summed E-state index contributed by atoms with van der Waals surface area (Å²) in [5.41, 5.74) is 6.99. The fraction of sp³-hybridized carbons (Fsp3) is 0.714. The molecule has 0 aliphatic carbocycles. The molecule has 2 unspecified atom stereocenters. The van der Waals surface area contributed by atoms with E-state index in [1.54, 1.807) is 11.3 Å². The molecule has 0 fully saturated rings. The Morgan fingerprint density at radius 2 is 2.16 bits per heavy atom. The molecule has 108 valence electrons. The van der Waals surface area contributed by atoms with Crippen LogP contribution in [-0.4, -0.2) is 16.9 Å². The summed E-state index contributed by atoms with van der Waals surface area (Å²) in [6.45, 7) is 10.9. The largest absolute Gasteiger partial charge is 0.348 e. The molecule has 0 saturated heterocycles. The molecule has 1 aromatic rings. The highest BCUT2D eigenvalue weighted by atomic mass is 32.1. The molecule has 5 heteroatoms.